The minimum atomic E-state index is -0.0191. The molecule has 0 unspecified atom stereocenters. The Morgan fingerprint density at radius 1 is 1.37 bits per heavy atom. The van der Waals surface area contributed by atoms with E-state index in [4.69, 9.17) is 4.74 Å². The van der Waals surface area contributed by atoms with E-state index in [0.717, 1.165) is 24.8 Å². The Balaban J connectivity index is 2.07. The molecule has 1 aromatic carbocycles. The van der Waals surface area contributed by atoms with Gasteiger partial charge in [-0.1, -0.05) is 30.9 Å². The number of rotatable bonds is 5. The minimum absolute atomic E-state index is 0.0191. The third-order valence-electron chi connectivity index (χ3n) is 3.07. The number of carbonyl (C=O) groups excluding carboxylic acids is 1. The summed E-state index contributed by atoms with van der Waals surface area (Å²) in [5.74, 6) is 0.654. The maximum Gasteiger partial charge on any atom is 0.251 e. The first kappa shape index (κ1) is 13.4. The van der Waals surface area contributed by atoms with Crippen LogP contribution in [-0.4, -0.2) is 12.5 Å². The van der Waals surface area contributed by atoms with Crippen LogP contribution < -0.4 is 10.1 Å². The van der Waals surface area contributed by atoms with Gasteiger partial charge in [-0.15, -0.1) is 0 Å². The molecule has 3 nitrogen and oxygen atoms in total. The highest BCUT2D eigenvalue weighted by atomic mass is 16.5. The average molecular weight is 257 g/mol. The second-order valence-corrected chi connectivity index (χ2v) is 4.53. The Hall–Kier alpha value is -2.03. The number of nitrogens with one attached hydrogen (secondary N) is 1. The predicted octanol–water partition coefficient (Wildman–Crippen LogP) is 3.69. The Morgan fingerprint density at radius 2 is 2.21 bits per heavy atom. The quantitative estimate of drug-likeness (QED) is 0.817. The molecule has 1 aliphatic carbocycles. The van der Waals surface area contributed by atoms with Crippen LogP contribution in [-0.2, 0) is 4.79 Å². The van der Waals surface area contributed by atoms with Crippen molar-refractivity contribution in [3.8, 4) is 5.75 Å². The van der Waals surface area contributed by atoms with Crippen molar-refractivity contribution in [2.24, 2.45) is 0 Å². The van der Waals surface area contributed by atoms with Crippen molar-refractivity contribution in [3.63, 3.8) is 0 Å². The molecule has 2 rings (SSSR count). The SMILES string of the molecule is C=CCOc1ccccc1NC(=O)C1=CCCCC1. The molecule has 0 saturated heterocycles. The number of amides is 1. The Morgan fingerprint density at radius 3 is 2.95 bits per heavy atom. The lowest BCUT2D eigenvalue weighted by Gasteiger charge is -2.15. The average Bonchev–Trinajstić information content (AvgIpc) is 2.47. The molecule has 0 aromatic heterocycles. The zero-order chi connectivity index (χ0) is 13.5. The Kier molecular flexibility index (Phi) is 4.78. The number of carbonyl (C=O) groups is 1. The van der Waals surface area contributed by atoms with Crippen LogP contribution in [0.3, 0.4) is 0 Å². The molecule has 100 valence electrons. The number of benzene rings is 1. The molecule has 0 spiro atoms. The fourth-order valence-corrected chi connectivity index (χ4v) is 2.09. The molecule has 0 bridgehead atoms. The summed E-state index contributed by atoms with van der Waals surface area (Å²) in [7, 11) is 0. The van der Waals surface area contributed by atoms with Crippen molar-refractivity contribution >= 4 is 11.6 Å². The highest BCUT2D eigenvalue weighted by Crippen LogP contribution is 2.25. The number of anilines is 1. The first-order chi connectivity index (χ1) is 9.31. The smallest absolute Gasteiger partial charge is 0.251 e. The largest absolute Gasteiger partial charge is 0.487 e. The van der Waals surface area contributed by atoms with Crippen LogP contribution >= 0.6 is 0 Å². The van der Waals surface area contributed by atoms with Crippen molar-refractivity contribution in [1.29, 1.82) is 0 Å². The molecular formula is C16H19NO2. The fraction of sp³-hybridized carbons (Fsp3) is 0.312. The van der Waals surface area contributed by atoms with Crippen molar-refractivity contribution in [2.45, 2.75) is 25.7 Å². The molecular weight excluding hydrogens is 238 g/mol. The number of hydrogen-bond donors (Lipinski definition) is 1. The van der Waals surface area contributed by atoms with E-state index in [1.165, 1.54) is 6.42 Å². The van der Waals surface area contributed by atoms with E-state index in [9.17, 15) is 4.79 Å². The van der Waals surface area contributed by atoms with Gasteiger partial charge in [-0.25, -0.2) is 0 Å². The third-order valence-corrected chi connectivity index (χ3v) is 3.07. The van der Waals surface area contributed by atoms with Crippen LogP contribution in [0, 0.1) is 0 Å². The van der Waals surface area contributed by atoms with Crippen molar-refractivity contribution in [3.05, 3.63) is 48.6 Å². The van der Waals surface area contributed by atoms with Crippen molar-refractivity contribution < 1.29 is 9.53 Å². The molecule has 19 heavy (non-hydrogen) atoms. The van der Waals surface area contributed by atoms with Crippen LogP contribution in [0.4, 0.5) is 5.69 Å². The molecule has 0 atom stereocenters. The van der Waals surface area contributed by atoms with Crippen molar-refractivity contribution in [1.82, 2.24) is 0 Å². The lowest BCUT2D eigenvalue weighted by atomic mass is 9.99. The van der Waals surface area contributed by atoms with Gasteiger partial charge in [-0.05, 0) is 37.8 Å². The lowest BCUT2D eigenvalue weighted by molar-refractivity contribution is -0.113. The van der Waals surface area contributed by atoms with Crippen LogP contribution in [0.2, 0.25) is 0 Å². The van der Waals surface area contributed by atoms with Crippen LogP contribution in [0.5, 0.6) is 5.75 Å². The second kappa shape index (κ2) is 6.78. The molecule has 0 fully saturated rings. The van der Waals surface area contributed by atoms with Crippen LogP contribution in [0.25, 0.3) is 0 Å². The van der Waals surface area contributed by atoms with E-state index >= 15 is 0 Å². The summed E-state index contributed by atoms with van der Waals surface area (Å²) < 4.78 is 5.52. The molecule has 0 radical (unpaired) electrons. The van der Waals surface area contributed by atoms with E-state index < -0.39 is 0 Å². The molecule has 1 N–H and O–H groups in total. The molecule has 1 aromatic rings. The minimum Gasteiger partial charge on any atom is -0.487 e. The summed E-state index contributed by atoms with van der Waals surface area (Å²) >= 11 is 0. The van der Waals surface area contributed by atoms with Gasteiger partial charge in [0.05, 0.1) is 5.69 Å². The topological polar surface area (TPSA) is 38.3 Å². The Labute approximate surface area is 114 Å². The third kappa shape index (κ3) is 3.71. The zero-order valence-electron chi connectivity index (χ0n) is 11.0. The summed E-state index contributed by atoms with van der Waals surface area (Å²) in [6, 6.07) is 7.45. The number of hydrogen-bond acceptors (Lipinski definition) is 2. The zero-order valence-corrected chi connectivity index (χ0v) is 11.0. The maximum atomic E-state index is 12.1. The summed E-state index contributed by atoms with van der Waals surface area (Å²) in [6.07, 6.45) is 7.84. The lowest BCUT2D eigenvalue weighted by Crippen LogP contribution is -2.16. The van der Waals surface area contributed by atoms with Gasteiger partial charge in [0.15, 0.2) is 0 Å². The van der Waals surface area contributed by atoms with E-state index in [1.807, 2.05) is 30.3 Å². The van der Waals surface area contributed by atoms with Crippen molar-refractivity contribution in [2.75, 3.05) is 11.9 Å². The standard InChI is InChI=1S/C16H19NO2/c1-2-12-19-15-11-7-6-10-14(15)17-16(18)13-8-4-3-5-9-13/h2,6-8,10-11H,1,3-5,9,12H2,(H,17,18). The molecule has 0 saturated carbocycles. The first-order valence-corrected chi connectivity index (χ1v) is 6.64. The van der Waals surface area contributed by atoms with Gasteiger partial charge >= 0.3 is 0 Å². The molecule has 1 aliphatic rings. The van der Waals surface area contributed by atoms with Gasteiger partial charge in [0, 0.05) is 5.57 Å². The second-order valence-electron chi connectivity index (χ2n) is 4.53. The monoisotopic (exact) mass is 257 g/mol. The molecule has 3 heteroatoms. The van der Waals surface area contributed by atoms with E-state index in [0.29, 0.717) is 18.0 Å². The summed E-state index contributed by atoms with van der Waals surface area (Å²) in [5, 5.41) is 2.92. The van der Waals surface area contributed by atoms with Gasteiger partial charge in [0.1, 0.15) is 12.4 Å². The Bertz CT molecular complexity index is 491. The molecule has 0 heterocycles. The van der Waals surface area contributed by atoms with Crippen LogP contribution in [0.1, 0.15) is 25.7 Å². The van der Waals surface area contributed by atoms with Crippen LogP contribution in [0.15, 0.2) is 48.6 Å². The number of allylic oxidation sites excluding steroid dienone is 1. The molecule has 1 amide bonds. The predicted molar refractivity (Wildman–Crippen MR) is 77.3 cm³/mol. The van der Waals surface area contributed by atoms with E-state index in [2.05, 4.69) is 11.9 Å². The normalized spacial score (nSPS) is 14.4. The summed E-state index contributed by atoms with van der Waals surface area (Å²) in [5.41, 5.74) is 1.59. The number of para-hydroxylation sites is 2. The van der Waals surface area contributed by atoms with Gasteiger partial charge in [-0.2, -0.15) is 0 Å². The van der Waals surface area contributed by atoms with Gasteiger partial charge in [0.25, 0.3) is 5.91 Å². The van der Waals surface area contributed by atoms with E-state index in [-0.39, 0.29) is 5.91 Å². The highest BCUT2D eigenvalue weighted by molar-refractivity contribution is 6.04. The fourth-order valence-electron chi connectivity index (χ4n) is 2.09. The van der Waals surface area contributed by atoms with E-state index in [1.54, 1.807) is 6.08 Å². The van der Waals surface area contributed by atoms with Gasteiger partial charge in [0.2, 0.25) is 0 Å². The first-order valence-electron chi connectivity index (χ1n) is 6.64. The summed E-state index contributed by atoms with van der Waals surface area (Å²) in [6.45, 7) is 4.04. The van der Waals surface area contributed by atoms with Gasteiger partial charge in [-0.3, -0.25) is 4.79 Å². The highest BCUT2D eigenvalue weighted by Gasteiger charge is 2.14. The van der Waals surface area contributed by atoms with Gasteiger partial charge < -0.3 is 10.1 Å². The maximum absolute atomic E-state index is 12.1. The number of ether oxygens (including phenoxy) is 1. The molecule has 0 aliphatic heterocycles. The summed E-state index contributed by atoms with van der Waals surface area (Å²) in [4.78, 5) is 12.1.